The molecule has 0 amide bonds. The lowest BCUT2D eigenvalue weighted by Gasteiger charge is -2.06. The maximum absolute atomic E-state index is 11.5. The van der Waals surface area contributed by atoms with Crippen molar-refractivity contribution >= 4 is 11.8 Å². The van der Waals surface area contributed by atoms with E-state index < -0.39 is 5.97 Å². The summed E-state index contributed by atoms with van der Waals surface area (Å²) in [6, 6.07) is 6.81. The molecule has 0 aliphatic rings. The van der Waals surface area contributed by atoms with Gasteiger partial charge in [0.15, 0.2) is 11.6 Å². The SMILES string of the molecule is CCC(=O)c1ccc(OCc2ncc(C(=O)O)cn2)cc1. The summed E-state index contributed by atoms with van der Waals surface area (Å²) < 4.78 is 5.48. The van der Waals surface area contributed by atoms with Crippen molar-refractivity contribution in [2.24, 2.45) is 0 Å². The van der Waals surface area contributed by atoms with E-state index in [0.717, 1.165) is 0 Å². The summed E-state index contributed by atoms with van der Waals surface area (Å²) in [6.07, 6.45) is 2.93. The second-order valence-corrected chi connectivity index (χ2v) is 4.28. The number of benzene rings is 1. The molecule has 0 aliphatic carbocycles. The first-order valence-electron chi connectivity index (χ1n) is 6.40. The highest BCUT2D eigenvalue weighted by atomic mass is 16.5. The van der Waals surface area contributed by atoms with Crippen LogP contribution in [-0.2, 0) is 6.61 Å². The number of carbonyl (C=O) groups excluding carboxylic acids is 1. The van der Waals surface area contributed by atoms with E-state index in [-0.39, 0.29) is 18.0 Å². The average Bonchev–Trinajstić information content (AvgIpc) is 2.53. The van der Waals surface area contributed by atoms with Crippen LogP contribution in [0.15, 0.2) is 36.7 Å². The molecule has 1 heterocycles. The van der Waals surface area contributed by atoms with Crippen molar-refractivity contribution in [3.05, 3.63) is 53.6 Å². The van der Waals surface area contributed by atoms with Gasteiger partial charge in [0, 0.05) is 24.4 Å². The van der Waals surface area contributed by atoms with E-state index in [1.165, 1.54) is 12.4 Å². The predicted molar refractivity (Wildman–Crippen MR) is 74.4 cm³/mol. The Hall–Kier alpha value is -2.76. The summed E-state index contributed by atoms with van der Waals surface area (Å²) >= 11 is 0. The van der Waals surface area contributed by atoms with Gasteiger partial charge in [-0.3, -0.25) is 4.79 Å². The van der Waals surface area contributed by atoms with Crippen LogP contribution in [0.5, 0.6) is 5.75 Å². The van der Waals surface area contributed by atoms with Gasteiger partial charge in [0.05, 0.1) is 5.56 Å². The van der Waals surface area contributed by atoms with E-state index in [9.17, 15) is 9.59 Å². The van der Waals surface area contributed by atoms with Crippen molar-refractivity contribution in [2.75, 3.05) is 0 Å². The minimum atomic E-state index is -1.07. The number of aromatic nitrogens is 2. The molecule has 0 saturated carbocycles. The van der Waals surface area contributed by atoms with Crippen molar-refractivity contribution in [1.82, 2.24) is 9.97 Å². The molecule has 0 radical (unpaired) electrons. The van der Waals surface area contributed by atoms with Crippen molar-refractivity contribution in [2.45, 2.75) is 20.0 Å². The number of carboxylic acid groups (broad SMARTS) is 1. The molecule has 0 unspecified atom stereocenters. The second-order valence-electron chi connectivity index (χ2n) is 4.28. The van der Waals surface area contributed by atoms with Gasteiger partial charge in [-0.1, -0.05) is 6.92 Å². The minimum absolute atomic E-state index is 0.0289. The molecule has 1 aromatic heterocycles. The van der Waals surface area contributed by atoms with E-state index >= 15 is 0 Å². The molecule has 0 atom stereocenters. The third-order valence-corrected chi connectivity index (χ3v) is 2.82. The van der Waals surface area contributed by atoms with Gasteiger partial charge in [0.2, 0.25) is 0 Å². The normalized spacial score (nSPS) is 10.1. The lowest BCUT2D eigenvalue weighted by atomic mass is 10.1. The highest BCUT2D eigenvalue weighted by Crippen LogP contribution is 2.14. The minimum Gasteiger partial charge on any atom is -0.486 e. The van der Waals surface area contributed by atoms with Gasteiger partial charge in [-0.25, -0.2) is 14.8 Å². The lowest BCUT2D eigenvalue weighted by molar-refractivity contribution is 0.0695. The summed E-state index contributed by atoms with van der Waals surface area (Å²) in [6.45, 7) is 1.94. The summed E-state index contributed by atoms with van der Waals surface area (Å²) in [5, 5.41) is 8.74. The Bertz CT molecular complexity index is 636. The number of hydrogen-bond acceptors (Lipinski definition) is 5. The van der Waals surface area contributed by atoms with Crippen LogP contribution >= 0.6 is 0 Å². The Morgan fingerprint density at radius 2 is 1.71 bits per heavy atom. The first kappa shape index (κ1) is 14.6. The molecule has 0 saturated heterocycles. The molecular weight excluding hydrogens is 272 g/mol. The molecule has 1 aromatic carbocycles. The molecular formula is C15H14N2O4. The Morgan fingerprint density at radius 1 is 1.10 bits per heavy atom. The fourth-order valence-corrected chi connectivity index (χ4v) is 1.63. The maximum atomic E-state index is 11.5. The number of nitrogens with zero attached hydrogens (tertiary/aromatic N) is 2. The Kier molecular flexibility index (Phi) is 4.61. The summed E-state index contributed by atoms with van der Waals surface area (Å²) in [5.41, 5.74) is 0.674. The molecule has 6 nitrogen and oxygen atoms in total. The largest absolute Gasteiger partial charge is 0.486 e. The van der Waals surface area contributed by atoms with Crippen molar-refractivity contribution in [3.63, 3.8) is 0 Å². The quantitative estimate of drug-likeness (QED) is 0.820. The lowest BCUT2D eigenvalue weighted by Crippen LogP contribution is -2.05. The molecule has 0 fully saturated rings. The van der Waals surface area contributed by atoms with Crippen molar-refractivity contribution in [1.29, 1.82) is 0 Å². The molecule has 0 bridgehead atoms. The number of ketones is 1. The van der Waals surface area contributed by atoms with Crippen LogP contribution in [0.25, 0.3) is 0 Å². The molecule has 6 heteroatoms. The van der Waals surface area contributed by atoms with Crippen LogP contribution in [0.4, 0.5) is 0 Å². The maximum Gasteiger partial charge on any atom is 0.338 e. The van der Waals surface area contributed by atoms with Gasteiger partial charge in [0.1, 0.15) is 12.4 Å². The molecule has 2 rings (SSSR count). The smallest absolute Gasteiger partial charge is 0.338 e. The zero-order valence-electron chi connectivity index (χ0n) is 11.4. The first-order valence-corrected chi connectivity index (χ1v) is 6.40. The third-order valence-electron chi connectivity index (χ3n) is 2.82. The van der Waals surface area contributed by atoms with Gasteiger partial charge in [-0.15, -0.1) is 0 Å². The Morgan fingerprint density at radius 3 is 2.24 bits per heavy atom. The van der Waals surface area contributed by atoms with Crippen LogP contribution in [-0.4, -0.2) is 26.8 Å². The number of carbonyl (C=O) groups is 2. The molecule has 21 heavy (non-hydrogen) atoms. The van der Waals surface area contributed by atoms with E-state index in [0.29, 0.717) is 23.6 Å². The summed E-state index contributed by atoms with van der Waals surface area (Å²) in [4.78, 5) is 30.0. The number of aromatic carboxylic acids is 1. The van der Waals surface area contributed by atoms with Gasteiger partial charge in [-0.2, -0.15) is 0 Å². The van der Waals surface area contributed by atoms with Crippen LogP contribution in [0.1, 0.15) is 39.9 Å². The zero-order chi connectivity index (χ0) is 15.2. The van der Waals surface area contributed by atoms with Gasteiger partial charge in [-0.05, 0) is 24.3 Å². The Balaban J connectivity index is 1.96. The summed E-state index contributed by atoms with van der Waals surface area (Å²) in [7, 11) is 0. The van der Waals surface area contributed by atoms with E-state index in [4.69, 9.17) is 9.84 Å². The van der Waals surface area contributed by atoms with Crippen LogP contribution in [0.2, 0.25) is 0 Å². The Labute approximate surface area is 121 Å². The van der Waals surface area contributed by atoms with Crippen molar-refractivity contribution in [3.8, 4) is 5.75 Å². The van der Waals surface area contributed by atoms with E-state index in [1.807, 2.05) is 6.92 Å². The number of hydrogen-bond donors (Lipinski definition) is 1. The van der Waals surface area contributed by atoms with Gasteiger partial charge >= 0.3 is 5.97 Å². The monoisotopic (exact) mass is 286 g/mol. The molecule has 108 valence electrons. The third kappa shape index (κ3) is 3.85. The first-order chi connectivity index (χ1) is 10.1. The van der Waals surface area contributed by atoms with Crippen LogP contribution in [0, 0.1) is 0 Å². The van der Waals surface area contributed by atoms with Gasteiger partial charge < -0.3 is 9.84 Å². The molecule has 0 aliphatic heterocycles. The molecule has 1 N–H and O–H groups in total. The number of Topliss-reactive ketones (excluding diaryl/α,β-unsaturated/α-hetero) is 1. The molecule has 2 aromatic rings. The zero-order valence-corrected chi connectivity index (χ0v) is 11.4. The topological polar surface area (TPSA) is 89.4 Å². The van der Waals surface area contributed by atoms with Crippen LogP contribution in [0.3, 0.4) is 0 Å². The highest BCUT2D eigenvalue weighted by Gasteiger charge is 2.06. The highest BCUT2D eigenvalue weighted by molar-refractivity contribution is 5.95. The second kappa shape index (κ2) is 6.60. The number of rotatable bonds is 6. The summed E-state index contributed by atoms with van der Waals surface area (Å²) in [5.74, 6) is -0.0185. The average molecular weight is 286 g/mol. The fourth-order valence-electron chi connectivity index (χ4n) is 1.63. The number of ether oxygens (including phenoxy) is 1. The van der Waals surface area contributed by atoms with Gasteiger partial charge in [0.25, 0.3) is 0 Å². The number of carboxylic acids is 1. The van der Waals surface area contributed by atoms with Crippen molar-refractivity contribution < 1.29 is 19.4 Å². The standard InChI is InChI=1S/C15H14N2O4/c1-2-13(18)10-3-5-12(6-4-10)21-9-14-16-7-11(8-17-14)15(19)20/h3-8H,2,9H2,1H3,(H,19,20). The van der Waals surface area contributed by atoms with E-state index in [1.54, 1.807) is 24.3 Å². The predicted octanol–water partition coefficient (Wildman–Crippen LogP) is 2.35. The molecule has 0 spiro atoms. The van der Waals surface area contributed by atoms with E-state index in [2.05, 4.69) is 9.97 Å². The van der Waals surface area contributed by atoms with Crippen LogP contribution < -0.4 is 4.74 Å². The fraction of sp³-hybridized carbons (Fsp3) is 0.200.